The van der Waals surface area contributed by atoms with Crippen molar-refractivity contribution in [3.05, 3.63) is 11.8 Å². The molecule has 0 bridgehead atoms. The third-order valence-electron chi connectivity index (χ3n) is 1.60. The number of hydrogen-bond donors (Lipinski definition) is 0. The lowest BCUT2D eigenvalue weighted by Gasteiger charge is -1.95. The molecule has 56 valence electrons. The fourth-order valence-electron chi connectivity index (χ4n) is 1.05. The maximum Gasteiger partial charge on any atom is 0.161 e. The quantitative estimate of drug-likeness (QED) is 0.430. The predicted molar refractivity (Wildman–Crippen MR) is 38.6 cm³/mol. The van der Waals surface area contributed by atoms with Gasteiger partial charge in [-0.3, -0.25) is 4.79 Å². The minimum Gasteiger partial charge on any atom is -0.501 e. The Morgan fingerprint density at radius 2 is 2.40 bits per heavy atom. The van der Waals surface area contributed by atoms with Gasteiger partial charge in [-0.15, -0.1) is 0 Å². The van der Waals surface area contributed by atoms with Crippen molar-refractivity contribution < 1.29 is 9.53 Å². The molecule has 0 saturated heterocycles. The SMILES string of the molecule is CCO/C=C1/CCCC1=O. The molecule has 0 atom stereocenters. The summed E-state index contributed by atoms with van der Waals surface area (Å²) in [5.41, 5.74) is 0.863. The van der Waals surface area contributed by atoms with Gasteiger partial charge in [-0.1, -0.05) is 0 Å². The Bertz CT molecular complexity index is 159. The first kappa shape index (κ1) is 7.32. The van der Waals surface area contributed by atoms with Crippen LogP contribution in [-0.4, -0.2) is 12.4 Å². The molecule has 0 aromatic rings. The van der Waals surface area contributed by atoms with Crippen molar-refractivity contribution in [1.82, 2.24) is 0 Å². The number of allylic oxidation sites excluding steroid dienone is 1. The average molecular weight is 140 g/mol. The first-order valence-corrected chi connectivity index (χ1v) is 3.68. The Morgan fingerprint density at radius 3 is 2.90 bits per heavy atom. The minimum atomic E-state index is 0.258. The largest absolute Gasteiger partial charge is 0.501 e. The van der Waals surface area contributed by atoms with E-state index in [0.717, 1.165) is 18.4 Å². The molecule has 1 fully saturated rings. The van der Waals surface area contributed by atoms with Crippen molar-refractivity contribution in [2.24, 2.45) is 0 Å². The summed E-state index contributed by atoms with van der Waals surface area (Å²) < 4.78 is 5.00. The maximum absolute atomic E-state index is 10.9. The summed E-state index contributed by atoms with van der Waals surface area (Å²) in [4.78, 5) is 10.9. The summed E-state index contributed by atoms with van der Waals surface area (Å²) in [5.74, 6) is 0.258. The Labute approximate surface area is 60.9 Å². The highest BCUT2D eigenvalue weighted by molar-refractivity contribution is 5.97. The molecule has 0 spiro atoms. The summed E-state index contributed by atoms with van der Waals surface area (Å²) in [7, 11) is 0. The van der Waals surface area contributed by atoms with Gasteiger partial charge in [0.25, 0.3) is 0 Å². The van der Waals surface area contributed by atoms with Crippen LogP contribution in [0.15, 0.2) is 11.8 Å². The molecule has 2 heteroatoms. The van der Waals surface area contributed by atoms with Gasteiger partial charge in [0.2, 0.25) is 0 Å². The predicted octanol–water partition coefficient (Wildman–Crippen LogP) is 1.66. The van der Waals surface area contributed by atoms with Crippen LogP contribution in [0.4, 0.5) is 0 Å². The summed E-state index contributed by atoms with van der Waals surface area (Å²) in [6.45, 7) is 2.56. The van der Waals surface area contributed by atoms with Crippen molar-refractivity contribution in [2.75, 3.05) is 6.61 Å². The second-order valence-electron chi connectivity index (χ2n) is 2.38. The fraction of sp³-hybridized carbons (Fsp3) is 0.625. The van der Waals surface area contributed by atoms with Crippen LogP contribution in [0, 0.1) is 0 Å². The molecule has 2 nitrogen and oxygen atoms in total. The molecule has 0 amide bonds. The van der Waals surface area contributed by atoms with E-state index in [1.54, 1.807) is 6.26 Å². The molecule has 0 heterocycles. The first-order valence-electron chi connectivity index (χ1n) is 3.68. The smallest absolute Gasteiger partial charge is 0.161 e. The number of ether oxygens (including phenoxy) is 1. The molecule has 0 N–H and O–H groups in total. The lowest BCUT2D eigenvalue weighted by Crippen LogP contribution is -1.92. The molecular weight excluding hydrogens is 128 g/mol. The molecule has 1 aliphatic rings. The van der Waals surface area contributed by atoms with Gasteiger partial charge in [0.15, 0.2) is 5.78 Å². The third kappa shape index (κ3) is 1.59. The van der Waals surface area contributed by atoms with E-state index in [-0.39, 0.29) is 5.78 Å². The molecule has 0 radical (unpaired) electrons. The van der Waals surface area contributed by atoms with Crippen molar-refractivity contribution >= 4 is 5.78 Å². The molecule has 10 heavy (non-hydrogen) atoms. The monoisotopic (exact) mass is 140 g/mol. The number of Topliss-reactive ketones (excluding diaryl/α,β-unsaturated/α-hetero) is 1. The Kier molecular flexibility index (Phi) is 2.49. The molecule has 1 aliphatic carbocycles. The van der Waals surface area contributed by atoms with Gasteiger partial charge >= 0.3 is 0 Å². The molecule has 0 aliphatic heterocycles. The van der Waals surface area contributed by atoms with E-state index >= 15 is 0 Å². The van der Waals surface area contributed by atoms with Gasteiger partial charge in [-0.05, 0) is 19.8 Å². The van der Waals surface area contributed by atoms with E-state index in [9.17, 15) is 4.79 Å². The van der Waals surface area contributed by atoms with Gasteiger partial charge < -0.3 is 4.74 Å². The van der Waals surface area contributed by atoms with Crippen LogP contribution in [0.5, 0.6) is 0 Å². The van der Waals surface area contributed by atoms with Gasteiger partial charge in [-0.2, -0.15) is 0 Å². The molecular formula is C8H12O2. The fourth-order valence-corrected chi connectivity index (χ4v) is 1.05. The van der Waals surface area contributed by atoms with Crippen LogP contribution in [0.25, 0.3) is 0 Å². The summed E-state index contributed by atoms with van der Waals surface area (Å²) in [6, 6.07) is 0. The minimum absolute atomic E-state index is 0.258. The summed E-state index contributed by atoms with van der Waals surface area (Å²) >= 11 is 0. The first-order chi connectivity index (χ1) is 4.84. The van der Waals surface area contributed by atoms with Crippen molar-refractivity contribution in [1.29, 1.82) is 0 Å². The van der Waals surface area contributed by atoms with E-state index < -0.39 is 0 Å². The van der Waals surface area contributed by atoms with Crippen LogP contribution in [0.2, 0.25) is 0 Å². The maximum atomic E-state index is 10.9. The van der Waals surface area contributed by atoms with Crippen LogP contribution in [-0.2, 0) is 9.53 Å². The van der Waals surface area contributed by atoms with Crippen LogP contribution < -0.4 is 0 Å². The second kappa shape index (κ2) is 3.40. The number of ketones is 1. The summed E-state index contributed by atoms with van der Waals surface area (Å²) in [6.07, 6.45) is 4.21. The number of rotatable bonds is 2. The van der Waals surface area contributed by atoms with Gasteiger partial charge in [0.1, 0.15) is 0 Å². The van der Waals surface area contributed by atoms with Gasteiger partial charge in [-0.25, -0.2) is 0 Å². The molecule has 1 saturated carbocycles. The third-order valence-corrected chi connectivity index (χ3v) is 1.60. The van der Waals surface area contributed by atoms with Gasteiger partial charge in [0.05, 0.1) is 12.9 Å². The zero-order valence-electron chi connectivity index (χ0n) is 6.22. The Hall–Kier alpha value is -0.790. The number of hydrogen-bond acceptors (Lipinski definition) is 2. The number of carbonyl (C=O) groups excluding carboxylic acids is 1. The van der Waals surface area contributed by atoms with E-state index in [2.05, 4.69) is 0 Å². The molecule has 0 aromatic heterocycles. The molecule has 0 aromatic carbocycles. The molecule has 0 unspecified atom stereocenters. The van der Waals surface area contributed by atoms with E-state index in [1.165, 1.54) is 0 Å². The molecule has 1 rings (SSSR count). The van der Waals surface area contributed by atoms with Crippen molar-refractivity contribution in [3.8, 4) is 0 Å². The summed E-state index contributed by atoms with van der Waals surface area (Å²) in [5, 5.41) is 0. The number of carbonyl (C=O) groups is 1. The zero-order chi connectivity index (χ0) is 7.40. The Morgan fingerprint density at radius 1 is 1.60 bits per heavy atom. The van der Waals surface area contributed by atoms with E-state index in [0.29, 0.717) is 13.0 Å². The van der Waals surface area contributed by atoms with Crippen LogP contribution in [0.1, 0.15) is 26.2 Å². The van der Waals surface area contributed by atoms with Crippen LogP contribution in [0.3, 0.4) is 0 Å². The Balaban J connectivity index is 2.46. The topological polar surface area (TPSA) is 26.3 Å². The normalized spacial score (nSPS) is 22.1. The lowest BCUT2D eigenvalue weighted by atomic mass is 10.2. The zero-order valence-corrected chi connectivity index (χ0v) is 6.22. The standard InChI is InChI=1S/C8H12O2/c1-2-10-6-7-4-3-5-8(7)9/h6H,2-5H2,1H3/b7-6-. The van der Waals surface area contributed by atoms with Crippen molar-refractivity contribution in [2.45, 2.75) is 26.2 Å². The average Bonchev–Trinajstić information content (AvgIpc) is 2.31. The van der Waals surface area contributed by atoms with Gasteiger partial charge in [0, 0.05) is 12.0 Å². The highest BCUT2D eigenvalue weighted by Gasteiger charge is 2.16. The lowest BCUT2D eigenvalue weighted by molar-refractivity contribution is -0.114. The van der Waals surface area contributed by atoms with E-state index in [1.807, 2.05) is 6.92 Å². The second-order valence-corrected chi connectivity index (χ2v) is 2.38. The highest BCUT2D eigenvalue weighted by Crippen LogP contribution is 2.19. The van der Waals surface area contributed by atoms with E-state index in [4.69, 9.17) is 4.74 Å². The highest BCUT2D eigenvalue weighted by atomic mass is 16.5. The van der Waals surface area contributed by atoms with Crippen molar-refractivity contribution in [3.63, 3.8) is 0 Å². The van der Waals surface area contributed by atoms with Crippen LogP contribution >= 0.6 is 0 Å².